The molecule has 0 spiro atoms. The van der Waals surface area contributed by atoms with Gasteiger partial charge in [0.05, 0.1) is 11.5 Å². The molecule has 0 amide bonds. The van der Waals surface area contributed by atoms with Crippen molar-refractivity contribution >= 4 is 21.4 Å². The van der Waals surface area contributed by atoms with Crippen molar-refractivity contribution in [3.05, 3.63) is 53.7 Å². The zero-order chi connectivity index (χ0) is 17.9. The number of nitrogens with one attached hydrogen (secondary N) is 2. The lowest BCUT2D eigenvalue weighted by atomic mass is 10.2. The molecule has 0 aliphatic rings. The van der Waals surface area contributed by atoms with Gasteiger partial charge in [0.25, 0.3) is 0 Å². The Morgan fingerprint density at radius 1 is 1.20 bits per heavy atom. The van der Waals surface area contributed by atoms with E-state index in [4.69, 9.17) is 4.74 Å². The van der Waals surface area contributed by atoms with Crippen molar-refractivity contribution in [1.29, 1.82) is 0 Å². The lowest BCUT2D eigenvalue weighted by molar-refractivity contribution is 0.340. The Morgan fingerprint density at radius 3 is 2.60 bits per heavy atom. The van der Waals surface area contributed by atoms with Crippen molar-refractivity contribution in [2.75, 3.05) is 6.61 Å². The number of H-pyrrole nitrogens is 1. The zero-order valence-corrected chi connectivity index (χ0v) is 15.6. The Kier molecular flexibility index (Phi) is 5.22. The maximum absolute atomic E-state index is 12.5. The summed E-state index contributed by atoms with van der Waals surface area (Å²) in [6, 6.07) is 12.6. The summed E-state index contributed by atoms with van der Waals surface area (Å²) in [6.07, 6.45) is 0. The van der Waals surface area contributed by atoms with Crippen LogP contribution in [0.25, 0.3) is 10.6 Å². The molecule has 0 saturated carbocycles. The third-order valence-corrected chi connectivity index (χ3v) is 6.51. The van der Waals surface area contributed by atoms with Gasteiger partial charge in [-0.1, -0.05) is 12.1 Å². The number of aromatic nitrogens is 2. The molecule has 8 heteroatoms. The quantitative estimate of drug-likeness (QED) is 0.661. The average molecular weight is 377 g/mol. The number of hydrogen-bond donors (Lipinski definition) is 2. The molecule has 0 fully saturated rings. The summed E-state index contributed by atoms with van der Waals surface area (Å²) in [7, 11) is -3.56. The van der Waals surface area contributed by atoms with Crippen molar-refractivity contribution in [3.8, 4) is 16.3 Å². The van der Waals surface area contributed by atoms with Gasteiger partial charge in [-0.2, -0.15) is 5.10 Å². The highest BCUT2D eigenvalue weighted by Gasteiger charge is 2.18. The highest BCUT2D eigenvalue weighted by atomic mass is 32.2. The predicted octanol–water partition coefficient (Wildman–Crippen LogP) is 3.32. The second kappa shape index (κ2) is 7.38. The van der Waals surface area contributed by atoms with Crippen molar-refractivity contribution < 1.29 is 13.2 Å². The van der Waals surface area contributed by atoms with E-state index in [0.29, 0.717) is 6.61 Å². The van der Waals surface area contributed by atoms with Crippen LogP contribution in [0.1, 0.15) is 18.2 Å². The van der Waals surface area contributed by atoms with Crippen molar-refractivity contribution in [2.45, 2.75) is 24.6 Å². The molecule has 0 atom stereocenters. The van der Waals surface area contributed by atoms with Crippen LogP contribution in [0.5, 0.6) is 5.75 Å². The molecule has 0 aliphatic carbocycles. The average Bonchev–Trinajstić information content (AvgIpc) is 3.24. The topological polar surface area (TPSA) is 84.1 Å². The molecular formula is C17H19N3O3S2. The SMILES string of the molecule is CCOc1ccc(CNS(=O)(=O)c2ccc(-c3cc(C)[nH]n3)s2)cc1. The van der Waals surface area contributed by atoms with Gasteiger partial charge in [0.15, 0.2) is 0 Å². The van der Waals surface area contributed by atoms with Crippen LogP contribution in [-0.2, 0) is 16.6 Å². The molecule has 0 aliphatic heterocycles. The van der Waals surface area contributed by atoms with Crippen LogP contribution in [0, 0.1) is 6.92 Å². The Morgan fingerprint density at radius 2 is 1.96 bits per heavy atom. The minimum Gasteiger partial charge on any atom is -0.494 e. The first-order valence-corrected chi connectivity index (χ1v) is 10.1. The number of nitrogens with zero attached hydrogens (tertiary/aromatic N) is 1. The number of sulfonamides is 1. The van der Waals surface area contributed by atoms with E-state index < -0.39 is 10.0 Å². The van der Waals surface area contributed by atoms with Crippen LogP contribution >= 0.6 is 11.3 Å². The zero-order valence-electron chi connectivity index (χ0n) is 13.9. The van der Waals surface area contributed by atoms with E-state index in [2.05, 4.69) is 14.9 Å². The van der Waals surface area contributed by atoms with Gasteiger partial charge < -0.3 is 4.74 Å². The van der Waals surface area contributed by atoms with Crippen LogP contribution in [0.3, 0.4) is 0 Å². The summed E-state index contributed by atoms with van der Waals surface area (Å²) in [5, 5.41) is 7.01. The molecule has 6 nitrogen and oxygen atoms in total. The van der Waals surface area contributed by atoms with Crippen LogP contribution in [0.15, 0.2) is 46.7 Å². The number of thiophene rings is 1. The Labute approximate surface area is 150 Å². The lowest BCUT2D eigenvalue weighted by Gasteiger charge is -2.06. The molecule has 25 heavy (non-hydrogen) atoms. The predicted molar refractivity (Wildman–Crippen MR) is 98.3 cm³/mol. The van der Waals surface area contributed by atoms with Crippen LogP contribution in [0.2, 0.25) is 0 Å². The minimum absolute atomic E-state index is 0.226. The summed E-state index contributed by atoms with van der Waals surface area (Å²) in [5.74, 6) is 0.770. The van der Waals surface area contributed by atoms with E-state index in [0.717, 1.165) is 27.6 Å². The van der Waals surface area contributed by atoms with Crippen LogP contribution in [0.4, 0.5) is 0 Å². The molecular weight excluding hydrogens is 358 g/mol. The standard InChI is InChI=1S/C17H19N3O3S2/c1-3-23-14-6-4-13(5-7-14)11-18-25(21,22)17-9-8-16(24-17)15-10-12(2)19-20-15/h4-10,18H,3,11H2,1-2H3,(H,19,20). The molecule has 2 aromatic heterocycles. The largest absolute Gasteiger partial charge is 0.494 e. The monoisotopic (exact) mass is 377 g/mol. The first-order chi connectivity index (χ1) is 12.0. The molecule has 1 aromatic carbocycles. The third-order valence-electron chi connectivity index (χ3n) is 3.51. The first kappa shape index (κ1) is 17.7. The molecule has 2 heterocycles. The molecule has 0 unspecified atom stereocenters. The number of aromatic amines is 1. The summed E-state index contributed by atoms with van der Waals surface area (Å²) < 4.78 is 33.2. The molecule has 2 N–H and O–H groups in total. The third kappa shape index (κ3) is 4.28. The second-order valence-corrected chi connectivity index (χ2v) is 8.53. The van der Waals surface area contributed by atoms with Crippen molar-refractivity contribution in [3.63, 3.8) is 0 Å². The van der Waals surface area contributed by atoms with Gasteiger partial charge in [0.2, 0.25) is 10.0 Å². The highest BCUT2D eigenvalue weighted by Crippen LogP contribution is 2.29. The fraction of sp³-hybridized carbons (Fsp3) is 0.235. The molecule has 132 valence electrons. The number of rotatable bonds is 7. The number of ether oxygens (including phenoxy) is 1. The fourth-order valence-corrected chi connectivity index (χ4v) is 4.60. The van der Waals surface area contributed by atoms with Crippen molar-refractivity contribution in [1.82, 2.24) is 14.9 Å². The fourth-order valence-electron chi connectivity index (χ4n) is 2.27. The summed E-state index contributed by atoms with van der Waals surface area (Å²) >= 11 is 1.20. The second-order valence-electron chi connectivity index (χ2n) is 5.46. The molecule has 3 rings (SSSR count). The van der Waals surface area contributed by atoms with E-state index in [1.54, 1.807) is 12.1 Å². The van der Waals surface area contributed by atoms with Gasteiger partial charge in [-0.05, 0) is 49.7 Å². The smallest absolute Gasteiger partial charge is 0.250 e. The Hall–Kier alpha value is -2.16. The van der Waals surface area contributed by atoms with Gasteiger partial charge in [-0.15, -0.1) is 11.3 Å². The van der Waals surface area contributed by atoms with Gasteiger partial charge in [-0.25, -0.2) is 13.1 Å². The first-order valence-electron chi connectivity index (χ1n) is 7.81. The van der Waals surface area contributed by atoms with E-state index in [1.165, 1.54) is 11.3 Å². The highest BCUT2D eigenvalue weighted by molar-refractivity contribution is 7.91. The number of hydrogen-bond acceptors (Lipinski definition) is 5. The van der Waals surface area contributed by atoms with E-state index in [1.807, 2.05) is 44.2 Å². The summed E-state index contributed by atoms with van der Waals surface area (Å²) in [6.45, 7) is 4.65. The van der Waals surface area contributed by atoms with Gasteiger partial charge in [0.1, 0.15) is 15.7 Å². The minimum atomic E-state index is -3.56. The van der Waals surface area contributed by atoms with Crippen molar-refractivity contribution in [2.24, 2.45) is 0 Å². The molecule has 0 bridgehead atoms. The van der Waals surface area contributed by atoms with E-state index in [9.17, 15) is 8.42 Å². The molecule has 0 saturated heterocycles. The number of aryl methyl sites for hydroxylation is 1. The maximum atomic E-state index is 12.5. The maximum Gasteiger partial charge on any atom is 0.250 e. The van der Waals surface area contributed by atoms with Gasteiger partial charge in [-0.3, -0.25) is 5.10 Å². The normalized spacial score (nSPS) is 11.6. The summed E-state index contributed by atoms with van der Waals surface area (Å²) in [5.41, 5.74) is 2.55. The van der Waals surface area contributed by atoms with Crippen LogP contribution < -0.4 is 9.46 Å². The Bertz CT molecular complexity index is 944. The van der Waals surface area contributed by atoms with Crippen LogP contribution in [-0.4, -0.2) is 25.2 Å². The van der Waals surface area contributed by atoms with Gasteiger partial charge in [0, 0.05) is 12.2 Å². The molecule has 0 radical (unpaired) electrons. The lowest BCUT2D eigenvalue weighted by Crippen LogP contribution is -2.22. The van der Waals surface area contributed by atoms with Gasteiger partial charge >= 0.3 is 0 Å². The molecule has 3 aromatic rings. The summed E-state index contributed by atoms with van der Waals surface area (Å²) in [4.78, 5) is 0.811. The van der Waals surface area contributed by atoms with E-state index >= 15 is 0 Å². The number of benzene rings is 1. The Balaban J connectivity index is 1.68. The van der Waals surface area contributed by atoms with E-state index in [-0.39, 0.29) is 10.8 Å².